The zero-order valence-corrected chi connectivity index (χ0v) is 14.8. The van der Waals surface area contributed by atoms with Gasteiger partial charge in [-0.1, -0.05) is 12.1 Å². The average Bonchev–Trinajstić information content (AvgIpc) is 3.07. The van der Waals surface area contributed by atoms with Gasteiger partial charge in [-0.3, -0.25) is 0 Å². The summed E-state index contributed by atoms with van der Waals surface area (Å²) in [6.07, 6.45) is 0. The van der Waals surface area contributed by atoms with Gasteiger partial charge in [0.1, 0.15) is 29.9 Å². The third-order valence-corrected chi connectivity index (χ3v) is 4.77. The van der Waals surface area contributed by atoms with Crippen LogP contribution in [-0.2, 0) is 11.8 Å². The Kier molecular flexibility index (Phi) is 4.57. The molecule has 2 N–H and O–H groups in total. The number of imidazole rings is 2. The van der Waals surface area contributed by atoms with Crippen molar-refractivity contribution in [1.82, 2.24) is 9.38 Å². The van der Waals surface area contributed by atoms with Gasteiger partial charge in [0.25, 0.3) is 0 Å². The van der Waals surface area contributed by atoms with E-state index in [1.807, 2.05) is 42.6 Å². The van der Waals surface area contributed by atoms with Crippen molar-refractivity contribution >= 4 is 22.8 Å². The molecular weight excluding hydrogens is 304 g/mol. The molecule has 0 saturated heterocycles. The van der Waals surface area contributed by atoms with Crippen molar-refractivity contribution < 1.29 is 19.0 Å². The number of aromatic nitrogens is 3. The van der Waals surface area contributed by atoms with Crippen LogP contribution in [0.25, 0.3) is 16.8 Å². The van der Waals surface area contributed by atoms with Gasteiger partial charge in [0.15, 0.2) is 0 Å². The number of nitrogens with zero attached hydrogens (tertiary/aromatic N) is 2. The summed E-state index contributed by atoms with van der Waals surface area (Å²) in [4.78, 5) is 17.4. The first kappa shape index (κ1) is 16.5. The first-order chi connectivity index (χ1) is 11.6. The molecule has 24 heavy (non-hydrogen) atoms. The summed E-state index contributed by atoms with van der Waals surface area (Å²) in [6.45, 7) is 9.56. The van der Waals surface area contributed by atoms with Crippen molar-refractivity contribution in [2.45, 2.75) is 20.8 Å². The maximum absolute atomic E-state index is 12.7. The molecule has 0 saturated carbocycles. The van der Waals surface area contributed by atoms with E-state index in [-0.39, 0.29) is 5.97 Å². The Morgan fingerprint density at radius 1 is 1.29 bits per heavy atom. The van der Waals surface area contributed by atoms with Gasteiger partial charge >= 0.3 is 11.7 Å². The van der Waals surface area contributed by atoms with E-state index in [1.165, 1.54) is 4.90 Å². The van der Waals surface area contributed by atoms with E-state index in [4.69, 9.17) is 4.74 Å². The Balaban J connectivity index is 1.93. The smallest absolute Gasteiger partial charge is 0.374 e. The second kappa shape index (κ2) is 6.65. The van der Waals surface area contributed by atoms with Crippen LogP contribution in [0, 0.1) is 6.92 Å². The van der Waals surface area contributed by atoms with Crippen molar-refractivity contribution in [3.63, 3.8) is 0 Å². The van der Waals surface area contributed by atoms with Crippen LogP contribution in [0.15, 0.2) is 24.3 Å². The zero-order chi connectivity index (χ0) is 17.3. The normalized spacial score (nSPS) is 11.7. The topological polar surface area (TPSA) is 54.8 Å². The summed E-state index contributed by atoms with van der Waals surface area (Å²) < 4.78 is 9.57. The molecule has 6 heteroatoms. The number of esters is 1. The van der Waals surface area contributed by atoms with Crippen LogP contribution < -0.4 is 9.47 Å². The first-order valence-electron chi connectivity index (χ1n) is 8.56. The van der Waals surface area contributed by atoms with E-state index in [1.54, 1.807) is 0 Å². The SMILES string of the molecule is CC[NH+](CC)CCOC(=O)c1c(C)[nH]c2n1c1ccccc1[n+]2C. The lowest BCUT2D eigenvalue weighted by molar-refractivity contribution is -0.896. The van der Waals surface area contributed by atoms with Crippen LogP contribution in [0.2, 0.25) is 0 Å². The minimum atomic E-state index is -0.272. The number of ether oxygens (including phenoxy) is 1. The number of hydrogen-bond acceptors (Lipinski definition) is 2. The number of aromatic amines is 1. The number of carbonyl (C=O) groups excluding carboxylic acids is 1. The number of nitrogens with one attached hydrogen (secondary N) is 2. The number of benzene rings is 1. The van der Waals surface area contributed by atoms with Gasteiger partial charge in [-0.05, 0) is 32.9 Å². The largest absolute Gasteiger partial charge is 0.454 e. The van der Waals surface area contributed by atoms with E-state index < -0.39 is 0 Å². The van der Waals surface area contributed by atoms with E-state index in [2.05, 4.69) is 23.4 Å². The number of aryl methyl sites for hydroxylation is 2. The van der Waals surface area contributed by atoms with E-state index in [9.17, 15) is 4.79 Å². The van der Waals surface area contributed by atoms with Gasteiger partial charge in [-0.2, -0.15) is 4.40 Å². The highest BCUT2D eigenvalue weighted by molar-refractivity contribution is 5.92. The molecule has 0 aliphatic heterocycles. The monoisotopic (exact) mass is 330 g/mol. The minimum absolute atomic E-state index is 0.272. The summed E-state index contributed by atoms with van der Waals surface area (Å²) in [6, 6.07) is 8.05. The van der Waals surface area contributed by atoms with E-state index in [0.29, 0.717) is 12.3 Å². The highest BCUT2D eigenvalue weighted by Crippen LogP contribution is 2.19. The first-order valence-corrected chi connectivity index (χ1v) is 8.56. The Bertz CT molecular complexity index is 874. The molecule has 0 amide bonds. The van der Waals surface area contributed by atoms with Crippen molar-refractivity contribution in [3.05, 3.63) is 35.7 Å². The molecule has 0 aliphatic rings. The number of H-pyrrole nitrogens is 1. The lowest BCUT2D eigenvalue weighted by Gasteiger charge is -2.14. The molecule has 1 aromatic carbocycles. The molecule has 0 spiro atoms. The Morgan fingerprint density at radius 3 is 2.71 bits per heavy atom. The van der Waals surface area contributed by atoms with Crippen LogP contribution >= 0.6 is 0 Å². The number of likely N-dealkylation sites (N-methyl/N-ethyl adjacent to an activating group) is 1. The zero-order valence-electron chi connectivity index (χ0n) is 14.8. The van der Waals surface area contributed by atoms with Crippen LogP contribution in [0.3, 0.4) is 0 Å². The maximum Gasteiger partial charge on any atom is 0.374 e. The number of rotatable bonds is 6. The van der Waals surface area contributed by atoms with Crippen molar-refractivity contribution in [2.24, 2.45) is 7.05 Å². The van der Waals surface area contributed by atoms with E-state index >= 15 is 0 Å². The predicted molar refractivity (Wildman–Crippen MR) is 92.4 cm³/mol. The fourth-order valence-corrected chi connectivity index (χ4v) is 3.28. The number of carbonyl (C=O) groups is 1. The van der Waals surface area contributed by atoms with Crippen LogP contribution in [0.4, 0.5) is 0 Å². The van der Waals surface area contributed by atoms with Gasteiger partial charge in [-0.25, -0.2) is 14.3 Å². The highest BCUT2D eigenvalue weighted by Gasteiger charge is 2.28. The molecule has 0 fully saturated rings. The summed E-state index contributed by atoms with van der Waals surface area (Å²) in [5.41, 5.74) is 3.48. The lowest BCUT2D eigenvalue weighted by atomic mass is 10.3. The molecular formula is C18H26N4O2+2. The standard InChI is InChI=1S/C18H24N4O2/c1-5-21(6-2)11-12-24-17(23)16-13(3)19-18-20(4)14-9-7-8-10-15(14)22(16)18/h7-10H,5-6,11-12H2,1-4H3/p+2. The summed E-state index contributed by atoms with van der Waals surface area (Å²) in [7, 11) is 1.99. The molecule has 0 aliphatic carbocycles. The third kappa shape index (κ3) is 2.67. The lowest BCUT2D eigenvalue weighted by Crippen LogP contribution is -3.11. The quantitative estimate of drug-likeness (QED) is 0.515. The molecule has 0 unspecified atom stereocenters. The molecule has 6 nitrogen and oxygen atoms in total. The number of quaternary nitrogens is 1. The summed E-state index contributed by atoms with van der Waals surface area (Å²) >= 11 is 0. The third-order valence-electron chi connectivity index (χ3n) is 4.77. The molecule has 0 radical (unpaired) electrons. The van der Waals surface area contributed by atoms with Gasteiger partial charge in [0.05, 0.1) is 20.1 Å². The van der Waals surface area contributed by atoms with Gasteiger partial charge in [0, 0.05) is 0 Å². The van der Waals surface area contributed by atoms with Crippen LogP contribution in [0.5, 0.6) is 0 Å². The van der Waals surface area contributed by atoms with Crippen molar-refractivity contribution in [2.75, 3.05) is 26.2 Å². The van der Waals surface area contributed by atoms with Gasteiger partial charge < -0.3 is 9.64 Å². The average molecular weight is 330 g/mol. The molecule has 128 valence electrons. The minimum Gasteiger partial charge on any atom is -0.454 e. The van der Waals surface area contributed by atoms with E-state index in [0.717, 1.165) is 42.1 Å². The summed E-state index contributed by atoms with van der Waals surface area (Å²) in [5.74, 6) is 0.613. The fourth-order valence-electron chi connectivity index (χ4n) is 3.28. The molecule has 2 aromatic heterocycles. The van der Waals surface area contributed by atoms with Gasteiger partial charge in [0.2, 0.25) is 5.69 Å². The molecule has 0 bridgehead atoms. The molecule has 0 atom stereocenters. The number of para-hydroxylation sites is 2. The molecule has 3 rings (SSSR count). The molecule has 2 heterocycles. The van der Waals surface area contributed by atoms with Crippen molar-refractivity contribution in [1.29, 1.82) is 0 Å². The van der Waals surface area contributed by atoms with Crippen molar-refractivity contribution in [3.8, 4) is 0 Å². The van der Waals surface area contributed by atoms with Gasteiger partial charge in [-0.15, -0.1) is 0 Å². The summed E-state index contributed by atoms with van der Waals surface area (Å²) in [5, 5.41) is 0. The Labute approximate surface area is 141 Å². The predicted octanol–water partition coefficient (Wildman–Crippen LogP) is 0.635. The highest BCUT2D eigenvalue weighted by atomic mass is 16.5. The number of fused-ring (bicyclic) bond motifs is 3. The van der Waals surface area contributed by atoms with Crippen LogP contribution in [0.1, 0.15) is 30.0 Å². The fraction of sp³-hybridized carbons (Fsp3) is 0.444. The second-order valence-electron chi connectivity index (χ2n) is 6.15. The number of hydrogen-bond donors (Lipinski definition) is 2. The molecule has 3 aromatic rings. The van der Waals surface area contributed by atoms with Crippen LogP contribution in [-0.4, -0.2) is 41.6 Å². The second-order valence-corrected chi connectivity index (χ2v) is 6.15. The Morgan fingerprint density at radius 2 is 2.00 bits per heavy atom. The maximum atomic E-state index is 12.7. The Hall–Kier alpha value is -2.34.